The van der Waals surface area contributed by atoms with E-state index in [4.69, 9.17) is 10.6 Å². The summed E-state index contributed by atoms with van der Waals surface area (Å²) in [6, 6.07) is 10.5. The zero-order valence-corrected chi connectivity index (χ0v) is 10.7. The number of nitrogens with two attached hydrogens (primary N) is 1. The molecule has 0 radical (unpaired) electrons. The lowest BCUT2D eigenvalue weighted by Gasteiger charge is -2.09. The highest BCUT2D eigenvalue weighted by Crippen LogP contribution is 2.18. The molecule has 0 bridgehead atoms. The van der Waals surface area contributed by atoms with Crippen molar-refractivity contribution in [2.75, 3.05) is 0 Å². The molecule has 1 aromatic carbocycles. The van der Waals surface area contributed by atoms with E-state index in [9.17, 15) is 9.90 Å². The van der Waals surface area contributed by atoms with Crippen molar-refractivity contribution < 1.29 is 14.6 Å². The molecule has 6 nitrogen and oxygen atoms in total. The molecule has 0 aliphatic heterocycles. The Balaban J connectivity index is 2.02. The molecule has 1 heterocycles. The lowest BCUT2D eigenvalue weighted by molar-refractivity contribution is 0.0953. The summed E-state index contributed by atoms with van der Waals surface area (Å²) in [5.41, 5.74) is 3.80. The molecule has 0 saturated carbocycles. The van der Waals surface area contributed by atoms with Crippen LogP contribution in [0.1, 0.15) is 21.6 Å². The largest absolute Gasteiger partial charge is 0.487 e. The number of amides is 1. The predicted octanol–water partition coefficient (Wildman–Crippen LogP) is 0.756. The van der Waals surface area contributed by atoms with Crippen LogP contribution in [0.2, 0.25) is 0 Å². The van der Waals surface area contributed by atoms with E-state index in [0.29, 0.717) is 22.6 Å². The van der Waals surface area contributed by atoms with Crippen molar-refractivity contribution in [1.29, 1.82) is 0 Å². The van der Waals surface area contributed by atoms with Gasteiger partial charge in [0.2, 0.25) is 0 Å². The van der Waals surface area contributed by atoms with Crippen LogP contribution in [0.3, 0.4) is 0 Å². The summed E-state index contributed by atoms with van der Waals surface area (Å²) in [6.07, 6.45) is 1.43. The van der Waals surface area contributed by atoms with Gasteiger partial charge in [0.25, 0.3) is 5.91 Å². The molecule has 2 rings (SSSR count). The smallest absolute Gasteiger partial charge is 0.266 e. The minimum absolute atomic E-state index is 0.0841. The highest BCUT2D eigenvalue weighted by molar-refractivity contribution is 5.93. The van der Waals surface area contributed by atoms with E-state index in [-0.39, 0.29) is 13.2 Å². The van der Waals surface area contributed by atoms with E-state index in [0.717, 1.165) is 0 Å². The molecule has 0 aliphatic rings. The van der Waals surface area contributed by atoms with Gasteiger partial charge >= 0.3 is 0 Å². The number of aliphatic hydroxyl groups is 1. The maximum absolute atomic E-state index is 11.3. The number of carbonyl (C=O) groups excluding carboxylic acids is 1. The van der Waals surface area contributed by atoms with E-state index >= 15 is 0 Å². The second-order valence-electron chi connectivity index (χ2n) is 4.07. The van der Waals surface area contributed by atoms with Gasteiger partial charge in [0.05, 0.1) is 17.9 Å². The van der Waals surface area contributed by atoms with Gasteiger partial charge in [-0.05, 0) is 18.2 Å². The average Bonchev–Trinajstić information content (AvgIpc) is 2.53. The van der Waals surface area contributed by atoms with Gasteiger partial charge in [0.15, 0.2) is 0 Å². The Morgan fingerprint density at radius 3 is 2.75 bits per heavy atom. The summed E-state index contributed by atoms with van der Waals surface area (Å²) in [5.74, 6) is 5.25. The van der Waals surface area contributed by atoms with E-state index in [1.165, 1.54) is 6.20 Å². The first-order chi connectivity index (χ1) is 9.74. The van der Waals surface area contributed by atoms with Gasteiger partial charge in [-0.3, -0.25) is 15.2 Å². The fraction of sp³-hybridized carbons (Fsp3) is 0.143. The van der Waals surface area contributed by atoms with Crippen LogP contribution in [0.25, 0.3) is 0 Å². The Labute approximate surface area is 116 Å². The van der Waals surface area contributed by atoms with Crippen molar-refractivity contribution in [3.05, 3.63) is 59.4 Å². The van der Waals surface area contributed by atoms with Crippen molar-refractivity contribution in [2.24, 2.45) is 5.84 Å². The molecule has 1 aromatic heterocycles. The first-order valence-corrected chi connectivity index (χ1v) is 6.02. The monoisotopic (exact) mass is 273 g/mol. The molecular formula is C14H15N3O3. The fourth-order valence-corrected chi connectivity index (χ4v) is 1.65. The second-order valence-corrected chi connectivity index (χ2v) is 4.07. The average molecular weight is 273 g/mol. The van der Waals surface area contributed by atoms with Crippen LogP contribution in [0, 0.1) is 0 Å². The van der Waals surface area contributed by atoms with Crippen LogP contribution in [0.15, 0.2) is 42.6 Å². The van der Waals surface area contributed by atoms with Crippen molar-refractivity contribution in [1.82, 2.24) is 10.4 Å². The third-order valence-corrected chi connectivity index (χ3v) is 2.74. The summed E-state index contributed by atoms with van der Waals surface area (Å²) in [6.45, 7) is 0.167. The fourth-order valence-electron chi connectivity index (χ4n) is 1.65. The standard InChI is InChI=1S/C14H15N3O3/c15-17-14(19)10-5-6-12(16-7-10)9-20-13-4-2-1-3-11(13)8-18/h1-7,18H,8-9,15H2,(H,17,19). The normalized spacial score (nSPS) is 10.1. The number of hydrazine groups is 1. The number of ether oxygens (including phenoxy) is 1. The Morgan fingerprint density at radius 1 is 1.30 bits per heavy atom. The van der Waals surface area contributed by atoms with Gasteiger partial charge in [-0.25, -0.2) is 5.84 Å². The van der Waals surface area contributed by atoms with Crippen molar-refractivity contribution in [2.45, 2.75) is 13.2 Å². The molecular weight excluding hydrogens is 258 g/mol. The lowest BCUT2D eigenvalue weighted by Crippen LogP contribution is -2.30. The molecule has 0 fully saturated rings. The maximum atomic E-state index is 11.3. The number of nitrogens with zero attached hydrogens (tertiary/aromatic N) is 1. The third-order valence-electron chi connectivity index (χ3n) is 2.74. The molecule has 2 aromatic rings. The number of rotatable bonds is 5. The number of benzene rings is 1. The van der Waals surface area contributed by atoms with E-state index in [1.807, 2.05) is 17.6 Å². The summed E-state index contributed by atoms with van der Waals surface area (Å²) in [5, 5.41) is 9.19. The summed E-state index contributed by atoms with van der Waals surface area (Å²) in [4.78, 5) is 15.4. The van der Waals surface area contributed by atoms with Gasteiger partial charge in [0.1, 0.15) is 12.4 Å². The van der Waals surface area contributed by atoms with E-state index < -0.39 is 5.91 Å². The number of aliphatic hydroxyl groups excluding tert-OH is 1. The molecule has 4 N–H and O–H groups in total. The summed E-state index contributed by atoms with van der Waals surface area (Å²) < 4.78 is 5.59. The number of nitrogen functional groups attached to an aromatic ring is 1. The Morgan fingerprint density at radius 2 is 2.10 bits per heavy atom. The number of carbonyl (C=O) groups is 1. The first-order valence-electron chi connectivity index (χ1n) is 6.02. The minimum Gasteiger partial charge on any atom is -0.487 e. The molecule has 0 atom stereocenters. The predicted molar refractivity (Wildman–Crippen MR) is 72.6 cm³/mol. The number of para-hydroxylation sites is 1. The molecule has 1 amide bonds. The van der Waals surface area contributed by atoms with E-state index in [1.54, 1.807) is 24.3 Å². The Bertz CT molecular complexity index is 584. The van der Waals surface area contributed by atoms with Crippen LogP contribution in [0.4, 0.5) is 0 Å². The number of nitrogens with one attached hydrogen (secondary N) is 1. The van der Waals surface area contributed by atoms with Gasteiger partial charge in [0, 0.05) is 11.8 Å². The van der Waals surface area contributed by atoms with Crippen LogP contribution >= 0.6 is 0 Å². The van der Waals surface area contributed by atoms with Crippen LogP contribution in [0.5, 0.6) is 5.75 Å². The number of aromatic nitrogens is 1. The number of hydrogen-bond acceptors (Lipinski definition) is 5. The van der Waals surface area contributed by atoms with Crippen LogP contribution in [-0.2, 0) is 13.2 Å². The Hall–Kier alpha value is -2.44. The quantitative estimate of drug-likeness (QED) is 0.424. The minimum atomic E-state index is -0.393. The molecule has 0 spiro atoms. The lowest BCUT2D eigenvalue weighted by atomic mass is 10.2. The third kappa shape index (κ3) is 3.31. The van der Waals surface area contributed by atoms with Gasteiger partial charge in [-0.15, -0.1) is 0 Å². The van der Waals surface area contributed by atoms with Crippen LogP contribution in [-0.4, -0.2) is 16.0 Å². The number of hydrogen-bond donors (Lipinski definition) is 3. The zero-order valence-electron chi connectivity index (χ0n) is 10.7. The van der Waals surface area contributed by atoms with Gasteiger partial charge in [-0.2, -0.15) is 0 Å². The topological polar surface area (TPSA) is 97.5 Å². The molecule has 104 valence electrons. The molecule has 0 saturated heterocycles. The van der Waals surface area contributed by atoms with E-state index in [2.05, 4.69) is 4.98 Å². The SMILES string of the molecule is NNC(=O)c1ccc(COc2ccccc2CO)nc1. The van der Waals surface area contributed by atoms with Crippen molar-refractivity contribution >= 4 is 5.91 Å². The Kier molecular flexibility index (Phi) is 4.65. The first kappa shape index (κ1) is 14.0. The molecule has 0 unspecified atom stereocenters. The second kappa shape index (κ2) is 6.65. The van der Waals surface area contributed by atoms with Crippen molar-refractivity contribution in [3.63, 3.8) is 0 Å². The summed E-state index contributed by atoms with van der Waals surface area (Å²) in [7, 11) is 0. The number of pyridine rings is 1. The van der Waals surface area contributed by atoms with Gasteiger partial charge < -0.3 is 9.84 Å². The highest BCUT2D eigenvalue weighted by atomic mass is 16.5. The van der Waals surface area contributed by atoms with Crippen molar-refractivity contribution in [3.8, 4) is 5.75 Å². The highest BCUT2D eigenvalue weighted by Gasteiger charge is 2.05. The molecule has 0 aliphatic carbocycles. The molecule has 6 heteroatoms. The maximum Gasteiger partial charge on any atom is 0.266 e. The zero-order chi connectivity index (χ0) is 14.4. The summed E-state index contributed by atoms with van der Waals surface area (Å²) >= 11 is 0. The van der Waals surface area contributed by atoms with Crippen LogP contribution < -0.4 is 16.0 Å². The molecule has 20 heavy (non-hydrogen) atoms. The van der Waals surface area contributed by atoms with Gasteiger partial charge in [-0.1, -0.05) is 18.2 Å².